The molecular weight excluding hydrogens is 358 g/mol. The predicted molar refractivity (Wildman–Crippen MR) is 109 cm³/mol. The predicted octanol–water partition coefficient (Wildman–Crippen LogP) is 4.65. The van der Waals surface area contributed by atoms with Crippen molar-refractivity contribution in [3.63, 3.8) is 0 Å². The summed E-state index contributed by atoms with van der Waals surface area (Å²) in [7, 11) is 1.64. The van der Waals surface area contributed by atoms with E-state index in [1.165, 1.54) is 11.8 Å². The number of ketones is 1. The minimum atomic E-state index is -0.257. The van der Waals surface area contributed by atoms with Gasteiger partial charge in [0.1, 0.15) is 5.75 Å². The standard InChI is InChI=1S/C21H23N3O2S/c1-5-24-20(17-8-6-7-9-18(17)26-4)22-23-21(24)27-15(3)19(25)16-12-10-14(2)11-13-16/h6-13,15H,5H2,1-4H3. The molecule has 0 spiro atoms. The van der Waals surface area contributed by atoms with Crippen molar-refractivity contribution >= 4 is 17.5 Å². The molecule has 1 atom stereocenters. The van der Waals surface area contributed by atoms with Crippen molar-refractivity contribution in [3.05, 3.63) is 59.7 Å². The lowest BCUT2D eigenvalue weighted by atomic mass is 10.1. The summed E-state index contributed by atoms with van der Waals surface area (Å²) in [5.41, 5.74) is 2.74. The van der Waals surface area contributed by atoms with Crippen LogP contribution in [-0.2, 0) is 6.54 Å². The summed E-state index contributed by atoms with van der Waals surface area (Å²) in [4.78, 5) is 12.7. The lowest BCUT2D eigenvalue weighted by Gasteiger charge is -2.13. The Kier molecular flexibility index (Phi) is 5.96. The van der Waals surface area contributed by atoms with Crippen molar-refractivity contribution in [3.8, 4) is 17.1 Å². The number of aromatic nitrogens is 3. The maximum Gasteiger partial charge on any atom is 0.192 e. The zero-order chi connectivity index (χ0) is 19.4. The number of ether oxygens (including phenoxy) is 1. The lowest BCUT2D eigenvalue weighted by Crippen LogP contribution is -2.14. The molecule has 140 valence electrons. The molecule has 27 heavy (non-hydrogen) atoms. The Morgan fingerprint density at radius 2 is 1.85 bits per heavy atom. The molecule has 0 amide bonds. The zero-order valence-electron chi connectivity index (χ0n) is 16.0. The molecule has 0 aliphatic rings. The Hall–Kier alpha value is -2.60. The van der Waals surface area contributed by atoms with Crippen molar-refractivity contribution in [2.24, 2.45) is 0 Å². The topological polar surface area (TPSA) is 57.0 Å². The summed E-state index contributed by atoms with van der Waals surface area (Å²) in [5.74, 6) is 1.58. The van der Waals surface area contributed by atoms with Gasteiger partial charge in [-0.05, 0) is 32.9 Å². The van der Waals surface area contributed by atoms with Crippen molar-refractivity contribution in [2.75, 3.05) is 7.11 Å². The third-order valence-corrected chi connectivity index (χ3v) is 5.45. The van der Waals surface area contributed by atoms with Crippen LogP contribution in [0.25, 0.3) is 11.4 Å². The van der Waals surface area contributed by atoms with Gasteiger partial charge >= 0.3 is 0 Å². The maximum atomic E-state index is 12.7. The number of para-hydroxylation sites is 1. The van der Waals surface area contributed by atoms with Gasteiger partial charge in [0.05, 0.1) is 17.9 Å². The molecule has 1 heterocycles. The van der Waals surface area contributed by atoms with E-state index in [2.05, 4.69) is 10.2 Å². The summed E-state index contributed by atoms with van der Waals surface area (Å²) < 4.78 is 7.47. The van der Waals surface area contributed by atoms with Gasteiger partial charge in [0.25, 0.3) is 0 Å². The molecule has 6 heteroatoms. The highest BCUT2D eigenvalue weighted by Crippen LogP contribution is 2.32. The SMILES string of the molecule is CCn1c(SC(C)C(=O)c2ccc(C)cc2)nnc1-c1ccccc1OC. The fraction of sp³-hybridized carbons (Fsp3) is 0.286. The second-order valence-electron chi connectivity index (χ2n) is 6.24. The van der Waals surface area contributed by atoms with Crippen LogP contribution in [0.3, 0.4) is 0 Å². The van der Waals surface area contributed by atoms with Crippen LogP contribution in [0.15, 0.2) is 53.7 Å². The highest BCUT2D eigenvalue weighted by molar-refractivity contribution is 8.00. The highest BCUT2D eigenvalue weighted by atomic mass is 32.2. The summed E-state index contributed by atoms with van der Waals surface area (Å²) in [6, 6.07) is 15.4. The molecular formula is C21H23N3O2S. The minimum Gasteiger partial charge on any atom is -0.496 e. The molecule has 0 N–H and O–H groups in total. The number of rotatable bonds is 7. The van der Waals surface area contributed by atoms with E-state index in [4.69, 9.17) is 4.74 Å². The summed E-state index contributed by atoms with van der Waals surface area (Å²) in [6.45, 7) is 6.66. The van der Waals surface area contributed by atoms with Crippen LogP contribution in [0.2, 0.25) is 0 Å². The van der Waals surface area contributed by atoms with Gasteiger partial charge < -0.3 is 9.30 Å². The van der Waals surface area contributed by atoms with E-state index < -0.39 is 0 Å². The molecule has 0 saturated heterocycles. The first-order chi connectivity index (χ1) is 13.0. The Balaban J connectivity index is 1.86. The van der Waals surface area contributed by atoms with Crippen molar-refractivity contribution in [2.45, 2.75) is 37.7 Å². The molecule has 5 nitrogen and oxygen atoms in total. The average molecular weight is 382 g/mol. The summed E-state index contributed by atoms with van der Waals surface area (Å²) in [5, 5.41) is 9.17. The molecule has 1 aromatic heterocycles. The van der Waals surface area contributed by atoms with Gasteiger partial charge in [0.2, 0.25) is 0 Å². The van der Waals surface area contributed by atoms with Crippen LogP contribution < -0.4 is 4.74 Å². The van der Waals surface area contributed by atoms with Crippen molar-refractivity contribution < 1.29 is 9.53 Å². The Morgan fingerprint density at radius 3 is 2.52 bits per heavy atom. The molecule has 0 aliphatic heterocycles. The third-order valence-electron chi connectivity index (χ3n) is 4.37. The van der Waals surface area contributed by atoms with Crippen molar-refractivity contribution in [1.82, 2.24) is 14.8 Å². The smallest absolute Gasteiger partial charge is 0.192 e. The second kappa shape index (κ2) is 8.39. The van der Waals surface area contributed by atoms with E-state index in [1.54, 1.807) is 7.11 Å². The van der Waals surface area contributed by atoms with E-state index >= 15 is 0 Å². The molecule has 0 saturated carbocycles. The van der Waals surface area contributed by atoms with Crippen LogP contribution in [0.1, 0.15) is 29.8 Å². The average Bonchev–Trinajstić information content (AvgIpc) is 3.10. The number of hydrogen-bond acceptors (Lipinski definition) is 5. The van der Waals surface area contributed by atoms with Crippen LogP contribution in [0, 0.1) is 6.92 Å². The Morgan fingerprint density at radius 1 is 1.15 bits per heavy atom. The van der Waals surface area contributed by atoms with Gasteiger partial charge in [0.15, 0.2) is 16.8 Å². The van der Waals surface area contributed by atoms with Gasteiger partial charge in [-0.15, -0.1) is 10.2 Å². The number of hydrogen-bond donors (Lipinski definition) is 0. The minimum absolute atomic E-state index is 0.0875. The number of carbonyl (C=O) groups excluding carboxylic acids is 1. The summed E-state index contributed by atoms with van der Waals surface area (Å²) in [6.07, 6.45) is 0. The fourth-order valence-corrected chi connectivity index (χ4v) is 3.84. The van der Waals surface area contributed by atoms with Crippen LogP contribution >= 0.6 is 11.8 Å². The Bertz CT molecular complexity index is 935. The molecule has 1 unspecified atom stereocenters. The number of carbonyl (C=O) groups is 1. The molecule has 0 radical (unpaired) electrons. The number of benzene rings is 2. The number of methoxy groups -OCH3 is 1. The fourth-order valence-electron chi connectivity index (χ4n) is 2.85. The first-order valence-corrected chi connectivity index (χ1v) is 9.77. The van der Waals surface area contributed by atoms with Crippen LogP contribution in [-0.4, -0.2) is 32.9 Å². The number of Topliss-reactive ketones (excluding diaryl/α,β-unsaturated/α-hetero) is 1. The quantitative estimate of drug-likeness (QED) is 0.441. The molecule has 3 rings (SSSR count). The van der Waals surface area contributed by atoms with E-state index in [0.717, 1.165) is 27.9 Å². The number of aryl methyl sites for hydroxylation is 1. The maximum absolute atomic E-state index is 12.7. The Labute approximate surface area is 163 Å². The van der Waals surface area contributed by atoms with Crippen LogP contribution in [0.5, 0.6) is 5.75 Å². The van der Waals surface area contributed by atoms with E-state index in [-0.39, 0.29) is 11.0 Å². The zero-order valence-corrected chi connectivity index (χ0v) is 16.8. The number of thioether (sulfide) groups is 1. The largest absolute Gasteiger partial charge is 0.496 e. The van der Waals surface area contributed by atoms with Crippen molar-refractivity contribution in [1.29, 1.82) is 0 Å². The van der Waals surface area contributed by atoms with Crippen LogP contribution in [0.4, 0.5) is 0 Å². The lowest BCUT2D eigenvalue weighted by molar-refractivity contribution is 0.0994. The monoisotopic (exact) mass is 381 g/mol. The molecule has 0 fully saturated rings. The van der Waals surface area contributed by atoms with Gasteiger partial charge in [0, 0.05) is 12.1 Å². The molecule has 0 aliphatic carbocycles. The molecule has 0 bridgehead atoms. The van der Waals surface area contributed by atoms with Gasteiger partial charge in [-0.2, -0.15) is 0 Å². The first-order valence-electron chi connectivity index (χ1n) is 8.89. The molecule has 2 aromatic carbocycles. The third kappa shape index (κ3) is 4.06. The van der Waals surface area contributed by atoms with E-state index in [1.807, 2.05) is 73.9 Å². The van der Waals surface area contributed by atoms with Gasteiger partial charge in [-0.25, -0.2) is 0 Å². The second-order valence-corrected chi connectivity index (χ2v) is 7.55. The normalized spacial score (nSPS) is 12.0. The first kappa shape index (κ1) is 19.2. The molecule has 3 aromatic rings. The number of nitrogens with zero attached hydrogens (tertiary/aromatic N) is 3. The van der Waals surface area contributed by atoms with Gasteiger partial charge in [-0.1, -0.05) is 53.7 Å². The van der Waals surface area contributed by atoms with E-state index in [9.17, 15) is 4.79 Å². The highest BCUT2D eigenvalue weighted by Gasteiger charge is 2.22. The van der Waals surface area contributed by atoms with E-state index in [0.29, 0.717) is 12.1 Å². The summed E-state index contributed by atoms with van der Waals surface area (Å²) >= 11 is 1.43. The van der Waals surface area contributed by atoms with Gasteiger partial charge in [-0.3, -0.25) is 4.79 Å².